The highest BCUT2D eigenvalue weighted by molar-refractivity contribution is 5.90. The number of benzene rings is 3. The Morgan fingerprint density at radius 2 is 1.47 bits per heavy atom. The second-order valence-corrected chi connectivity index (χ2v) is 10.1. The molecule has 0 saturated heterocycles. The first-order chi connectivity index (χ1) is 18.3. The highest BCUT2D eigenvalue weighted by Gasteiger charge is 2.30. The van der Waals surface area contributed by atoms with Crippen LogP contribution in [0.5, 0.6) is 0 Å². The molecule has 1 aromatic heterocycles. The van der Waals surface area contributed by atoms with Crippen molar-refractivity contribution in [1.29, 1.82) is 0 Å². The number of fused-ring (bicyclic) bond motifs is 1. The molecule has 0 amide bonds. The van der Waals surface area contributed by atoms with Crippen molar-refractivity contribution in [3.05, 3.63) is 83.9 Å². The highest BCUT2D eigenvalue weighted by atomic mass is 19.4. The normalized spacial score (nSPS) is 17.9. The topological polar surface area (TPSA) is 53.1 Å². The molecule has 1 aliphatic carbocycles. The van der Waals surface area contributed by atoms with E-state index in [9.17, 15) is 13.2 Å². The Bertz CT molecular complexity index is 1380. The van der Waals surface area contributed by atoms with Crippen LogP contribution in [0.15, 0.2) is 72.8 Å². The zero-order valence-corrected chi connectivity index (χ0v) is 21.6. The number of hydrogen-bond acceptors (Lipinski definition) is 5. The first kappa shape index (κ1) is 26.0. The average molecular weight is 520 g/mol. The van der Waals surface area contributed by atoms with Crippen LogP contribution in [0, 0.1) is 0 Å². The molecule has 0 unspecified atom stereocenters. The largest absolute Gasteiger partial charge is 0.416 e. The number of nitrogens with zero attached hydrogens (tertiary/aromatic N) is 3. The van der Waals surface area contributed by atoms with Gasteiger partial charge in [0.05, 0.1) is 11.1 Å². The summed E-state index contributed by atoms with van der Waals surface area (Å²) >= 11 is 0. The van der Waals surface area contributed by atoms with Crippen LogP contribution < -0.4 is 15.5 Å². The molecule has 0 spiro atoms. The minimum absolute atomic E-state index is 0.309. The Balaban J connectivity index is 1.19. The van der Waals surface area contributed by atoms with Gasteiger partial charge in [-0.3, -0.25) is 0 Å². The summed E-state index contributed by atoms with van der Waals surface area (Å²) in [4.78, 5) is 11.5. The monoisotopic (exact) mass is 519 g/mol. The fourth-order valence-corrected chi connectivity index (χ4v) is 5.14. The molecule has 1 saturated carbocycles. The van der Waals surface area contributed by atoms with Crippen molar-refractivity contribution in [3.8, 4) is 11.1 Å². The minimum atomic E-state index is -4.33. The van der Waals surface area contributed by atoms with E-state index >= 15 is 0 Å². The van der Waals surface area contributed by atoms with Crippen LogP contribution >= 0.6 is 0 Å². The van der Waals surface area contributed by atoms with Crippen molar-refractivity contribution in [2.75, 3.05) is 24.3 Å². The quantitative estimate of drug-likeness (QED) is 0.278. The van der Waals surface area contributed by atoms with Gasteiger partial charge in [0.25, 0.3) is 0 Å². The number of hydrogen-bond donors (Lipinski definition) is 2. The van der Waals surface area contributed by atoms with Gasteiger partial charge in [-0.2, -0.15) is 18.2 Å². The molecule has 5 nitrogen and oxygen atoms in total. The number of nitrogens with one attached hydrogen (secondary N) is 2. The van der Waals surface area contributed by atoms with Crippen LogP contribution in [0.3, 0.4) is 0 Å². The first-order valence-corrected chi connectivity index (χ1v) is 13.0. The van der Waals surface area contributed by atoms with Gasteiger partial charge < -0.3 is 15.5 Å². The molecule has 1 aliphatic rings. The van der Waals surface area contributed by atoms with Crippen molar-refractivity contribution in [2.24, 2.45) is 0 Å². The third-order valence-corrected chi connectivity index (χ3v) is 7.19. The molecular weight excluding hydrogens is 487 g/mol. The van der Waals surface area contributed by atoms with Crippen molar-refractivity contribution < 1.29 is 13.2 Å². The lowest BCUT2D eigenvalue weighted by Gasteiger charge is -2.30. The number of aromatic nitrogens is 2. The summed E-state index contributed by atoms with van der Waals surface area (Å²) in [6.45, 7) is 0.667. The summed E-state index contributed by atoms with van der Waals surface area (Å²) < 4.78 is 38.9. The van der Waals surface area contributed by atoms with Gasteiger partial charge in [-0.1, -0.05) is 48.5 Å². The third kappa shape index (κ3) is 5.91. The number of para-hydroxylation sites is 1. The summed E-state index contributed by atoms with van der Waals surface area (Å²) in [5.41, 5.74) is 3.11. The van der Waals surface area contributed by atoms with E-state index in [1.807, 2.05) is 67.5 Å². The molecule has 8 heteroatoms. The number of alkyl halides is 3. The Labute approximate surface area is 221 Å². The van der Waals surface area contributed by atoms with E-state index in [4.69, 9.17) is 9.97 Å². The van der Waals surface area contributed by atoms with E-state index in [1.165, 1.54) is 0 Å². The second kappa shape index (κ2) is 11.0. The standard InChI is InChI=1S/C30H32F3N5/c1-38(2)28-26-9-5-6-10-27(26)36-29(37-28)35-24-17-15-23(16-18-24)34-19-21-7-3-4-8-25(21)20-11-13-22(14-12-20)30(31,32)33/h3-14,23-24,34H,15-19H2,1-2H3,(H,35,36,37). The van der Waals surface area contributed by atoms with Gasteiger partial charge in [0.15, 0.2) is 0 Å². The molecule has 38 heavy (non-hydrogen) atoms. The lowest BCUT2D eigenvalue weighted by molar-refractivity contribution is -0.137. The van der Waals surface area contributed by atoms with E-state index in [0.717, 1.165) is 71.2 Å². The lowest BCUT2D eigenvalue weighted by atomic mass is 9.90. The van der Waals surface area contributed by atoms with Crippen LogP contribution in [-0.2, 0) is 12.7 Å². The maximum Gasteiger partial charge on any atom is 0.416 e. The third-order valence-electron chi connectivity index (χ3n) is 7.19. The number of halogens is 3. The van der Waals surface area contributed by atoms with Crippen LogP contribution in [-0.4, -0.2) is 36.1 Å². The van der Waals surface area contributed by atoms with Crippen molar-refractivity contribution in [3.63, 3.8) is 0 Å². The zero-order chi connectivity index (χ0) is 26.7. The minimum Gasteiger partial charge on any atom is -0.362 e. The average Bonchev–Trinajstić information content (AvgIpc) is 2.92. The Morgan fingerprint density at radius 3 is 2.18 bits per heavy atom. The molecular formula is C30H32F3N5. The van der Waals surface area contributed by atoms with Gasteiger partial charge in [0.2, 0.25) is 5.95 Å². The van der Waals surface area contributed by atoms with Crippen molar-refractivity contribution in [2.45, 2.75) is 50.5 Å². The van der Waals surface area contributed by atoms with E-state index in [1.54, 1.807) is 12.1 Å². The molecule has 0 radical (unpaired) electrons. The predicted molar refractivity (Wildman–Crippen MR) is 147 cm³/mol. The van der Waals surface area contributed by atoms with E-state index in [0.29, 0.717) is 24.6 Å². The summed E-state index contributed by atoms with van der Waals surface area (Å²) in [5, 5.41) is 8.26. The van der Waals surface area contributed by atoms with Crippen LogP contribution in [0.2, 0.25) is 0 Å². The maximum atomic E-state index is 13.0. The molecule has 198 valence electrons. The SMILES string of the molecule is CN(C)c1nc(NC2CCC(NCc3ccccc3-c3ccc(C(F)(F)F)cc3)CC2)nc2ccccc12. The molecule has 2 N–H and O–H groups in total. The van der Waals surface area contributed by atoms with E-state index in [-0.39, 0.29) is 0 Å². The summed E-state index contributed by atoms with van der Waals surface area (Å²) in [7, 11) is 3.98. The maximum absolute atomic E-state index is 13.0. The van der Waals surface area contributed by atoms with E-state index < -0.39 is 11.7 Å². The molecule has 1 fully saturated rings. The van der Waals surface area contributed by atoms with Gasteiger partial charge in [-0.25, -0.2) is 4.98 Å². The fraction of sp³-hybridized carbons (Fsp3) is 0.333. The van der Waals surface area contributed by atoms with Crippen LogP contribution in [0.1, 0.15) is 36.8 Å². The lowest BCUT2D eigenvalue weighted by Crippen LogP contribution is -2.37. The van der Waals surface area contributed by atoms with Gasteiger partial charge >= 0.3 is 6.18 Å². The zero-order valence-electron chi connectivity index (χ0n) is 21.6. The molecule has 4 aromatic rings. The molecule has 5 rings (SSSR count). The van der Waals surface area contributed by atoms with Gasteiger partial charge in [0.1, 0.15) is 5.82 Å². The molecule has 0 aliphatic heterocycles. The first-order valence-electron chi connectivity index (χ1n) is 13.0. The predicted octanol–water partition coefficient (Wildman–Crippen LogP) is 6.89. The molecule has 0 atom stereocenters. The Morgan fingerprint density at radius 1 is 0.816 bits per heavy atom. The number of anilines is 2. The number of rotatable bonds is 7. The summed E-state index contributed by atoms with van der Waals surface area (Å²) in [5.74, 6) is 1.56. The van der Waals surface area contributed by atoms with Crippen LogP contribution in [0.25, 0.3) is 22.0 Å². The molecule has 3 aromatic carbocycles. The Hall–Kier alpha value is -3.65. The highest BCUT2D eigenvalue weighted by Crippen LogP contribution is 2.32. The van der Waals surface area contributed by atoms with Gasteiger partial charge in [-0.15, -0.1) is 0 Å². The summed E-state index contributed by atoms with van der Waals surface area (Å²) in [6.07, 6.45) is -0.276. The Kier molecular flexibility index (Phi) is 7.51. The fourth-order valence-electron chi connectivity index (χ4n) is 5.14. The van der Waals surface area contributed by atoms with Gasteiger partial charge in [0, 0.05) is 38.1 Å². The van der Waals surface area contributed by atoms with Gasteiger partial charge in [-0.05, 0) is 66.6 Å². The second-order valence-electron chi connectivity index (χ2n) is 10.1. The van der Waals surface area contributed by atoms with Crippen LogP contribution in [0.4, 0.5) is 24.9 Å². The summed E-state index contributed by atoms with van der Waals surface area (Å²) in [6, 6.07) is 22.0. The molecule has 0 bridgehead atoms. The van der Waals surface area contributed by atoms with Crippen molar-refractivity contribution in [1.82, 2.24) is 15.3 Å². The van der Waals surface area contributed by atoms with Crippen molar-refractivity contribution >= 4 is 22.7 Å². The smallest absolute Gasteiger partial charge is 0.362 e. The molecule has 1 heterocycles. The van der Waals surface area contributed by atoms with E-state index in [2.05, 4.69) is 10.6 Å².